The fraction of sp³-hybridized carbons (Fsp3) is 0.667. The van der Waals surface area contributed by atoms with Gasteiger partial charge in [0.1, 0.15) is 24.6 Å². The summed E-state index contributed by atoms with van der Waals surface area (Å²) in [7, 11) is -4.86. The summed E-state index contributed by atoms with van der Waals surface area (Å²) in [6, 6.07) is 0. The van der Waals surface area contributed by atoms with Gasteiger partial charge in [0.15, 0.2) is 6.23 Å². The van der Waals surface area contributed by atoms with Crippen LogP contribution in [-0.4, -0.2) is 65.3 Å². The molecule has 14 nitrogen and oxygen atoms in total. The highest BCUT2D eigenvalue weighted by Crippen LogP contribution is 2.45. The average molecular weight is 493 g/mol. The number of aliphatic hydroxyl groups is 2. The van der Waals surface area contributed by atoms with Gasteiger partial charge in [0.05, 0.1) is 11.7 Å². The molecular weight excluding hydrogens is 465 g/mol. The van der Waals surface area contributed by atoms with Crippen LogP contribution in [-0.2, 0) is 34.8 Å². The van der Waals surface area contributed by atoms with E-state index in [0.717, 1.165) is 17.7 Å². The van der Waals surface area contributed by atoms with Crippen molar-refractivity contribution in [3.8, 4) is 0 Å². The molecule has 33 heavy (non-hydrogen) atoms. The Labute approximate surface area is 188 Å². The Bertz CT molecular complexity index is 993. The second-order valence-corrected chi connectivity index (χ2v) is 9.07. The minimum atomic E-state index is -4.86. The van der Waals surface area contributed by atoms with Gasteiger partial charge in [0.25, 0.3) is 0 Å². The number of phosphoric ester groups is 1. The van der Waals surface area contributed by atoms with Crippen LogP contribution < -0.4 is 11.0 Å². The van der Waals surface area contributed by atoms with E-state index in [0.29, 0.717) is 0 Å². The minimum absolute atomic E-state index is 0.122. The molecule has 0 bridgehead atoms. The first-order valence-electron chi connectivity index (χ1n) is 9.96. The second-order valence-electron chi connectivity index (χ2n) is 7.90. The fourth-order valence-electron chi connectivity index (χ4n) is 3.34. The maximum atomic E-state index is 12.6. The lowest BCUT2D eigenvalue weighted by molar-refractivity contribution is -0.142. The lowest BCUT2D eigenvalue weighted by Crippen LogP contribution is -2.39. The molecule has 5 atom stereocenters. The van der Waals surface area contributed by atoms with Gasteiger partial charge in [0, 0.05) is 32.0 Å². The number of hydrogen-bond acceptors (Lipinski definition) is 10. The SMILES string of the molecule is CCC(C)(C[C@H]1O[C@@H](n2cc(COC(C)=O)c(NC(C)=O)nc2=O)[C@H](O)[C@@H]1O)OP(=O)(O)O. The van der Waals surface area contributed by atoms with E-state index in [9.17, 15) is 29.2 Å². The number of nitrogens with zero attached hydrogens (tertiary/aromatic N) is 2. The zero-order valence-electron chi connectivity index (χ0n) is 18.5. The molecule has 0 radical (unpaired) electrons. The lowest BCUT2D eigenvalue weighted by Gasteiger charge is -2.31. The van der Waals surface area contributed by atoms with Gasteiger partial charge in [0.2, 0.25) is 5.91 Å². The highest BCUT2D eigenvalue weighted by molar-refractivity contribution is 7.46. The number of aliphatic hydroxyl groups excluding tert-OH is 2. The van der Waals surface area contributed by atoms with Gasteiger partial charge in [-0.2, -0.15) is 4.98 Å². The molecule has 1 aliphatic rings. The predicted molar refractivity (Wildman–Crippen MR) is 111 cm³/mol. The number of rotatable bonds is 9. The molecule has 0 saturated carbocycles. The fourth-order valence-corrected chi connectivity index (χ4v) is 4.12. The summed E-state index contributed by atoms with van der Waals surface area (Å²) in [6.07, 6.45) is -4.62. The van der Waals surface area contributed by atoms with Gasteiger partial charge >= 0.3 is 19.5 Å². The van der Waals surface area contributed by atoms with Crippen LogP contribution in [0.15, 0.2) is 11.0 Å². The maximum Gasteiger partial charge on any atom is 0.470 e. The van der Waals surface area contributed by atoms with Gasteiger partial charge in [-0.05, 0) is 13.3 Å². The molecule has 1 aromatic heterocycles. The van der Waals surface area contributed by atoms with Crippen molar-refractivity contribution >= 4 is 25.5 Å². The normalized spacial score (nSPS) is 24.8. The number of carbonyl (C=O) groups excluding carboxylic acids is 2. The van der Waals surface area contributed by atoms with Crippen molar-refractivity contribution in [3.05, 3.63) is 22.2 Å². The molecule has 0 aromatic carbocycles. The number of carbonyl (C=O) groups is 2. The van der Waals surface area contributed by atoms with Gasteiger partial charge in [-0.1, -0.05) is 6.92 Å². The van der Waals surface area contributed by atoms with Crippen molar-refractivity contribution in [2.24, 2.45) is 0 Å². The zero-order valence-corrected chi connectivity index (χ0v) is 19.4. The molecular formula is C18H28N3O11P. The van der Waals surface area contributed by atoms with E-state index in [1.54, 1.807) is 6.92 Å². The summed E-state index contributed by atoms with van der Waals surface area (Å²) in [4.78, 5) is 57.3. The quantitative estimate of drug-likeness (QED) is 0.219. The van der Waals surface area contributed by atoms with Crippen LogP contribution >= 0.6 is 7.82 Å². The van der Waals surface area contributed by atoms with Crippen LogP contribution in [0.3, 0.4) is 0 Å². The van der Waals surface area contributed by atoms with Crippen LogP contribution in [0, 0.1) is 0 Å². The molecule has 1 aliphatic heterocycles. The summed E-state index contributed by atoms with van der Waals surface area (Å²) in [5.41, 5.74) is -2.22. The zero-order chi connectivity index (χ0) is 25.1. The smallest absolute Gasteiger partial charge is 0.461 e. The number of hydrogen-bond donors (Lipinski definition) is 5. The molecule has 1 saturated heterocycles. The van der Waals surface area contributed by atoms with Crippen LogP contribution in [0.2, 0.25) is 0 Å². The number of aromatic nitrogens is 2. The minimum Gasteiger partial charge on any atom is -0.461 e. The van der Waals surface area contributed by atoms with E-state index in [2.05, 4.69) is 10.3 Å². The van der Waals surface area contributed by atoms with Crippen molar-refractivity contribution in [2.75, 3.05) is 5.32 Å². The van der Waals surface area contributed by atoms with E-state index < -0.39 is 55.5 Å². The van der Waals surface area contributed by atoms with Gasteiger partial charge < -0.3 is 34.8 Å². The molecule has 15 heteroatoms. The van der Waals surface area contributed by atoms with E-state index in [1.807, 2.05) is 0 Å². The molecule has 1 unspecified atom stereocenters. The van der Waals surface area contributed by atoms with Crippen LogP contribution in [0.25, 0.3) is 0 Å². The topological polar surface area (TPSA) is 207 Å². The Balaban J connectivity index is 2.36. The van der Waals surface area contributed by atoms with Crippen LogP contribution in [0.4, 0.5) is 5.82 Å². The summed E-state index contributed by atoms with van der Waals surface area (Å²) < 4.78 is 27.6. The lowest BCUT2D eigenvalue weighted by atomic mass is 9.93. The third-order valence-corrected chi connectivity index (χ3v) is 5.76. The van der Waals surface area contributed by atoms with Gasteiger partial charge in [-0.3, -0.25) is 18.7 Å². The highest BCUT2D eigenvalue weighted by Gasteiger charge is 2.48. The molecule has 1 amide bonds. The molecule has 1 fully saturated rings. The number of esters is 1. The van der Waals surface area contributed by atoms with E-state index in [1.165, 1.54) is 13.8 Å². The average Bonchev–Trinajstić information content (AvgIpc) is 2.93. The maximum absolute atomic E-state index is 12.6. The Morgan fingerprint density at radius 3 is 2.45 bits per heavy atom. The van der Waals surface area contributed by atoms with Gasteiger partial charge in [-0.15, -0.1) is 0 Å². The van der Waals surface area contributed by atoms with Crippen molar-refractivity contribution in [1.82, 2.24) is 9.55 Å². The number of phosphoric acid groups is 1. The third-order valence-electron chi connectivity index (χ3n) is 5.08. The highest BCUT2D eigenvalue weighted by atomic mass is 31.2. The van der Waals surface area contributed by atoms with Crippen LogP contribution in [0.5, 0.6) is 0 Å². The van der Waals surface area contributed by atoms with Crippen molar-refractivity contribution < 1.29 is 48.2 Å². The van der Waals surface area contributed by atoms with E-state index >= 15 is 0 Å². The predicted octanol–water partition coefficient (Wildman–Crippen LogP) is -0.448. The summed E-state index contributed by atoms with van der Waals surface area (Å²) in [5, 5.41) is 23.3. The molecule has 2 rings (SSSR count). The number of anilines is 1. The Morgan fingerprint density at radius 1 is 1.30 bits per heavy atom. The largest absolute Gasteiger partial charge is 0.470 e. The monoisotopic (exact) mass is 493 g/mol. The molecule has 1 aromatic rings. The summed E-state index contributed by atoms with van der Waals surface area (Å²) in [6.45, 7) is 5.03. The Kier molecular flexibility index (Phi) is 8.52. The first-order valence-corrected chi connectivity index (χ1v) is 11.5. The second kappa shape index (κ2) is 10.4. The van der Waals surface area contributed by atoms with E-state index in [4.69, 9.17) is 23.8 Å². The van der Waals surface area contributed by atoms with Crippen molar-refractivity contribution in [1.29, 1.82) is 0 Å². The first-order chi connectivity index (χ1) is 15.2. The standard InChI is InChI=1S/C18H28N3O11P/c1-5-18(4,32-33(27,28)29)6-12-13(24)14(25)16(31-12)21-7-11(8-30-10(3)23)15(19-9(2)22)20-17(21)26/h7,12-14,16,24-25H,5-6,8H2,1-4H3,(H2,27,28,29)(H,19,20,22,26)/t12-,13-,14-,16-,18?/m1/s1. The summed E-state index contributed by atoms with van der Waals surface area (Å²) >= 11 is 0. The molecule has 0 aliphatic carbocycles. The molecule has 5 N–H and O–H groups in total. The number of amides is 1. The first kappa shape index (κ1) is 27.1. The van der Waals surface area contributed by atoms with Gasteiger partial charge in [-0.25, -0.2) is 9.36 Å². The van der Waals surface area contributed by atoms with Crippen molar-refractivity contribution in [3.63, 3.8) is 0 Å². The Hall–Kier alpha value is -2.19. The van der Waals surface area contributed by atoms with Crippen LogP contribution in [0.1, 0.15) is 52.3 Å². The molecule has 0 spiro atoms. The third kappa shape index (κ3) is 7.14. The number of ether oxygens (including phenoxy) is 2. The Morgan fingerprint density at radius 2 is 1.94 bits per heavy atom. The van der Waals surface area contributed by atoms with E-state index in [-0.39, 0.29) is 30.8 Å². The summed E-state index contributed by atoms with van der Waals surface area (Å²) in [5.74, 6) is -1.30. The van der Waals surface area contributed by atoms with Crippen molar-refractivity contribution in [2.45, 2.75) is 77.3 Å². The number of nitrogens with one attached hydrogen (secondary N) is 1. The molecule has 2 heterocycles. The molecule has 186 valence electrons.